The molecule has 0 aliphatic carbocycles. The quantitative estimate of drug-likeness (QED) is 0.710. The average molecular weight is 238 g/mol. The van der Waals surface area contributed by atoms with E-state index in [1.165, 1.54) is 25.9 Å². The van der Waals surface area contributed by atoms with Crippen LogP contribution in [0.2, 0.25) is 0 Å². The fourth-order valence-electron chi connectivity index (χ4n) is 2.37. The van der Waals surface area contributed by atoms with Crippen molar-refractivity contribution in [2.24, 2.45) is 5.92 Å². The summed E-state index contributed by atoms with van der Waals surface area (Å²) < 4.78 is 0. The van der Waals surface area contributed by atoms with Gasteiger partial charge in [-0.1, -0.05) is 19.9 Å². The lowest BCUT2D eigenvalue weighted by molar-refractivity contribution is -0.126. The van der Waals surface area contributed by atoms with E-state index in [9.17, 15) is 4.79 Å². The number of amides is 1. The Kier molecular flexibility index (Phi) is 6.27. The van der Waals surface area contributed by atoms with E-state index in [1.54, 1.807) is 11.8 Å². The molecule has 0 saturated heterocycles. The molecule has 1 amide bonds. The van der Waals surface area contributed by atoms with E-state index in [-0.39, 0.29) is 5.91 Å². The van der Waals surface area contributed by atoms with E-state index >= 15 is 0 Å². The molecule has 1 aliphatic heterocycles. The highest BCUT2D eigenvalue weighted by Gasteiger charge is 2.17. The van der Waals surface area contributed by atoms with Gasteiger partial charge in [-0.3, -0.25) is 4.79 Å². The first-order valence-electron chi connectivity index (χ1n) is 6.85. The van der Waals surface area contributed by atoms with Gasteiger partial charge in [-0.2, -0.15) is 0 Å². The third-order valence-electron chi connectivity index (χ3n) is 3.26. The van der Waals surface area contributed by atoms with Crippen LogP contribution in [0.15, 0.2) is 12.3 Å². The first-order valence-corrected chi connectivity index (χ1v) is 6.85. The summed E-state index contributed by atoms with van der Waals surface area (Å²) in [7, 11) is 0. The van der Waals surface area contributed by atoms with Gasteiger partial charge in [0.2, 0.25) is 5.91 Å². The predicted octanol–water partition coefficient (Wildman–Crippen LogP) is 2.49. The maximum Gasteiger partial charge on any atom is 0.223 e. The monoisotopic (exact) mass is 238 g/mol. The molecule has 1 heterocycles. The minimum absolute atomic E-state index is 0.152. The first-order chi connectivity index (χ1) is 8.17. The van der Waals surface area contributed by atoms with E-state index in [0.717, 1.165) is 19.5 Å². The minimum atomic E-state index is 0.152. The lowest BCUT2D eigenvalue weighted by atomic mass is 10.0. The fraction of sp³-hybridized carbons (Fsp3) is 0.786. The highest BCUT2D eigenvalue weighted by Crippen LogP contribution is 2.15. The topological polar surface area (TPSA) is 23.6 Å². The van der Waals surface area contributed by atoms with Gasteiger partial charge in [0.05, 0.1) is 0 Å². The van der Waals surface area contributed by atoms with Crippen molar-refractivity contribution >= 4 is 5.91 Å². The van der Waals surface area contributed by atoms with E-state index in [2.05, 4.69) is 24.8 Å². The van der Waals surface area contributed by atoms with Gasteiger partial charge in [0.15, 0.2) is 0 Å². The molecule has 3 heteroatoms. The zero-order chi connectivity index (χ0) is 12.7. The number of nitrogens with zero attached hydrogens (tertiary/aromatic N) is 2. The molecule has 1 atom stereocenters. The molecule has 0 saturated carbocycles. The van der Waals surface area contributed by atoms with Crippen molar-refractivity contribution in [1.29, 1.82) is 0 Å². The van der Waals surface area contributed by atoms with Gasteiger partial charge in [0.1, 0.15) is 0 Å². The molecule has 0 bridgehead atoms. The van der Waals surface area contributed by atoms with Gasteiger partial charge < -0.3 is 9.80 Å². The Hall–Kier alpha value is -0.830. The van der Waals surface area contributed by atoms with Crippen LogP contribution in [0, 0.1) is 5.92 Å². The number of hydrogen-bond acceptors (Lipinski definition) is 2. The highest BCUT2D eigenvalue weighted by atomic mass is 16.2. The highest BCUT2D eigenvalue weighted by molar-refractivity contribution is 5.74. The molecule has 0 aromatic rings. The molecular weight excluding hydrogens is 212 g/mol. The number of carbonyl (C=O) groups is 1. The van der Waals surface area contributed by atoms with Crippen molar-refractivity contribution in [2.75, 3.05) is 26.2 Å². The summed E-state index contributed by atoms with van der Waals surface area (Å²) in [5.74, 6) is 0.766. The number of hydrogen-bond donors (Lipinski definition) is 0. The van der Waals surface area contributed by atoms with Gasteiger partial charge in [-0.05, 0) is 38.3 Å². The SMILES string of the molecule is CCCN(CCC)CC1C=CN(C(C)=O)CC1. The second-order valence-corrected chi connectivity index (χ2v) is 4.90. The zero-order valence-electron chi connectivity index (χ0n) is 11.5. The molecule has 17 heavy (non-hydrogen) atoms. The molecule has 1 unspecified atom stereocenters. The molecule has 0 aromatic heterocycles. The van der Waals surface area contributed by atoms with Crippen LogP contribution >= 0.6 is 0 Å². The Balaban J connectivity index is 2.41. The van der Waals surface area contributed by atoms with Crippen LogP contribution in [0.4, 0.5) is 0 Å². The predicted molar refractivity (Wildman–Crippen MR) is 71.7 cm³/mol. The van der Waals surface area contributed by atoms with E-state index in [0.29, 0.717) is 5.92 Å². The molecule has 3 nitrogen and oxygen atoms in total. The van der Waals surface area contributed by atoms with Crippen molar-refractivity contribution in [3.63, 3.8) is 0 Å². The number of rotatable bonds is 6. The van der Waals surface area contributed by atoms with Crippen LogP contribution in [0.1, 0.15) is 40.0 Å². The largest absolute Gasteiger partial charge is 0.320 e. The first kappa shape index (κ1) is 14.2. The van der Waals surface area contributed by atoms with Crippen LogP contribution < -0.4 is 0 Å². The third kappa shape index (κ3) is 4.90. The van der Waals surface area contributed by atoms with E-state index < -0.39 is 0 Å². The Bertz CT molecular complexity index is 257. The van der Waals surface area contributed by atoms with Crippen molar-refractivity contribution in [3.05, 3.63) is 12.3 Å². The van der Waals surface area contributed by atoms with E-state index in [4.69, 9.17) is 0 Å². The Morgan fingerprint density at radius 2 is 2.00 bits per heavy atom. The van der Waals surface area contributed by atoms with Crippen LogP contribution in [0.5, 0.6) is 0 Å². The summed E-state index contributed by atoms with van der Waals surface area (Å²) in [6, 6.07) is 0. The standard InChI is InChI=1S/C14H26N2O/c1-4-8-15(9-5-2)12-14-6-10-16(11-7-14)13(3)17/h6,10,14H,4-5,7-9,11-12H2,1-3H3. The summed E-state index contributed by atoms with van der Waals surface area (Å²) in [4.78, 5) is 15.5. The summed E-state index contributed by atoms with van der Waals surface area (Å²) in [5, 5.41) is 0. The summed E-state index contributed by atoms with van der Waals surface area (Å²) in [6.07, 6.45) is 7.70. The van der Waals surface area contributed by atoms with Crippen molar-refractivity contribution < 1.29 is 4.79 Å². The summed E-state index contributed by atoms with van der Waals surface area (Å²) >= 11 is 0. The maximum atomic E-state index is 11.2. The van der Waals surface area contributed by atoms with Gasteiger partial charge in [-0.15, -0.1) is 0 Å². The van der Waals surface area contributed by atoms with Crippen LogP contribution in [-0.2, 0) is 4.79 Å². The van der Waals surface area contributed by atoms with Crippen LogP contribution in [-0.4, -0.2) is 41.9 Å². The van der Waals surface area contributed by atoms with Gasteiger partial charge in [-0.25, -0.2) is 0 Å². The molecule has 0 aromatic carbocycles. The van der Waals surface area contributed by atoms with Gasteiger partial charge in [0.25, 0.3) is 0 Å². The Labute approximate surface area is 105 Å². The molecule has 0 radical (unpaired) electrons. The Morgan fingerprint density at radius 1 is 1.35 bits per heavy atom. The lowest BCUT2D eigenvalue weighted by Gasteiger charge is -2.30. The molecule has 0 N–H and O–H groups in total. The average Bonchev–Trinajstić information content (AvgIpc) is 2.30. The number of carbonyl (C=O) groups excluding carboxylic acids is 1. The van der Waals surface area contributed by atoms with Gasteiger partial charge in [0, 0.05) is 26.2 Å². The molecular formula is C14H26N2O. The Morgan fingerprint density at radius 3 is 2.41 bits per heavy atom. The fourth-order valence-corrected chi connectivity index (χ4v) is 2.37. The molecule has 1 aliphatic rings. The lowest BCUT2D eigenvalue weighted by Crippen LogP contribution is -2.35. The summed E-state index contributed by atoms with van der Waals surface area (Å²) in [5.41, 5.74) is 0. The normalized spacial score (nSPS) is 20.0. The minimum Gasteiger partial charge on any atom is -0.320 e. The molecule has 98 valence electrons. The molecule has 1 rings (SSSR count). The second kappa shape index (κ2) is 7.49. The third-order valence-corrected chi connectivity index (χ3v) is 3.26. The molecule has 0 spiro atoms. The zero-order valence-corrected chi connectivity index (χ0v) is 11.5. The van der Waals surface area contributed by atoms with Crippen molar-refractivity contribution in [2.45, 2.75) is 40.0 Å². The van der Waals surface area contributed by atoms with Gasteiger partial charge >= 0.3 is 0 Å². The second-order valence-electron chi connectivity index (χ2n) is 4.90. The van der Waals surface area contributed by atoms with Crippen LogP contribution in [0.25, 0.3) is 0 Å². The van der Waals surface area contributed by atoms with Crippen molar-refractivity contribution in [3.8, 4) is 0 Å². The summed E-state index contributed by atoms with van der Waals surface area (Å²) in [6.45, 7) is 10.5. The smallest absolute Gasteiger partial charge is 0.223 e. The van der Waals surface area contributed by atoms with E-state index in [1.807, 2.05) is 6.20 Å². The maximum absolute atomic E-state index is 11.2. The van der Waals surface area contributed by atoms with Crippen molar-refractivity contribution in [1.82, 2.24) is 9.80 Å². The van der Waals surface area contributed by atoms with Crippen LogP contribution in [0.3, 0.4) is 0 Å². The molecule has 0 fully saturated rings.